The van der Waals surface area contributed by atoms with Gasteiger partial charge in [0.25, 0.3) is 0 Å². The van der Waals surface area contributed by atoms with E-state index in [1.54, 1.807) is 25.2 Å². The predicted octanol–water partition coefficient (Wildman–Crippen LogP) is 4.58. The van der Waals surface area contributed by atoms with Gasteiger partial charge in [-0.3, -0.25) is 0 Å². The summed E-state index contributed by atoms with van der Waals surface area (Å²) in [6.07, 6.45) is 0. The molecule has 1 nitrogen and oxygen atoms in total. The normalized spacial score (nSPS) is 12.5. The SMILES string of the molecule is CNC(c1cc(Cl)ccc1Cl)c1cccc(F)c1F. The first-order chi connectivity index (χ1) is 9.04. The lowest BCUT2D eigenvalue weighted by atomic mass is 9.98. The van der Waals surface area contributed by atoms with Crippen LogP contribution in [0.25, 0.3) is 0 Å². The van der Waals surface area contributed by atoms with Crippen molar-refractivity contribution >= 4 is 23.2 Å². The number of nitrogens with one attached hydrogen (secondary N) is 1. The van der Waals surface area contributed by atoms with E-state index >= 15 is 0 Å². The van der Waals surface area contributed by atoms with Crippen LogP contribution >= 0.6 is 23.2 Å². The second-order valence-corrected chi connectivity index (χ2v) is 4.87. The van der Waals surface area contributed by atoms with Crippen molar-refractivity contribution in [3.05, 3.63) is 69.2 Å². The molecule has 19 heavy (non-hydrogen) atoms. The van der Waals surface area contributed by atoms with Gasteiger partial charge in [-0.15, -0.1) is 0 Å². The molecular weight excluding hydrogens is 291 g/mol. The van der Waals surface area contributed by atoms with Crippen LogP contribution in [0.4, 0.5) is 8.78 Å². The Balaban J connectivity index is 2.56. The van der Waals surface area contributed by atoms with Crippen LogP contribution in [0.5, 0.6) is 0 Å². The highest BCUT2D eigenvalue weighted by Gasteiger charge is 2.20. The first-order valence-electron chi connectivity index (χ1n) is 5.60. The Hall–Kier alpha value is -1.16. The van der Waals surface area contributed by atoms with Gasteiger partial charge in [0.1, 0.15) is 0 Å². The molecule has 0 aromatic heterocycles. The zero-order valence-corrected chi connectivity index (χ0v) is 11.6. The Labute approximate surface area is 120 Å². The van der Waals surface area contributed by atoms with Crippen LogP contribution in [0, 0.1) is 11.6 Å². The molecule has 1 unspecified atom stereocenters. The van der Waals surface area contributed by atoms with Crippen molar-refractivity contribution in [1.82, 2.24) is 5.32 Å². The van der Waals surface area contributed by atoms with Gasteiger partial charge in [0.2, 0.25) is 0 Å². The largest absolute Gasteiger partial charge is 0.309 e. The minimum Gasteiger partial charge on any atom is -0.309 e. The molecule has 1 N–H and O–H groups in total. The molecule has 0 saturated heterocycles. The fraction of sp³-hybridized carbons (Fsp3) is 0.143. The number of hydrogen-bond acceptors (Lipinski definition) is 1. The van der Waals surface area contributed by atoms with Crippen molar-refractivity contribution in [2.24, 2.45) is 0 Å². The van der Waals surface area contributed by atoms with Crippen LogP contribution in [0.1, 0.15) is 17.2 Å². The van der Waals surface area contributed by atoms with Gasteiger partial charge in [0.05, 0.1) is 6.04 Å². The minimum absolute atomic E-state index is 0.187. The Kier molecular flexibility index (Phi) is 4.40. The maximum Gasteiger partial charge on any atom is 0.163 e. The van der Waals surface area contributed by atoms with Crippen LogP contribution in [-0.4, -0.2) is 7.05 Å². The first kappa shape index (κ1) is 14.3. The van der Waals surface area contributed by atoms with E-state index in [2.05, 4.69) is 5.32 Å². The highest BCUT2D eigenvalue weighted by atomic mass is 35.5. The van der Waals surface area contributed by atoms with Gasteiger partial charge < -0.3 is 5.32 Å². The third-order valence-electron chi connectivity index (χ3n) is 2.85. The zero-order valence-electron chi connectivity index (χ0n) is 10.1. The summed E-state index contributed by atoms with van der Waals surface area (Å²) < 4.78 is 27.2. The maximum atomic E-state index is 13.9. The lowest BCUT2D eigenvalue weighted by Gasteiger charge is -2.19. The Bertz CT molecular complexity index is 600. The molecule has 0 amide bonds. The summed E-state index contributed by atoms with van der Waals surface area (Å²) in [4.78, 5) is 0. The molecule has 0 radical (unpaired) electrons. The third kappa shape index (κ3) is 2.89. The van der Waals surface area contributed by atoms with Crippen LogP contribution in [0.2, 0.25) is 10.0 Å². The molecule has 2 aromatic carbocycles. The van der Waals surface area contributed by atoms with E-state index in [4.69, 9.17) is 23.2 Å². The topological polar surface area (TPSA) is 12.0 Å². The second kappa shape index (κ2) is 5.87. The van der Waals surface area contributed by atoms with Crippen LogP contribution < -0.4 is 5.32 Å². The molecule has 0 bridgehead atoms. The Morgan fingerprint density at radius 3 is 2.47 bits per heavy atom. The van der Waals surface area contributed by atoms with Crippen molar-refractivity contribution < 1.29 is 8.78 Å². The molecule has 0 aliphatic rings. The van der Waals surface area contributed by atoms with Crippen molar-refractivity contribution in [3.8, 4) is 0 Å². The quantitative estimate of drug-likeness (QED) is 0.875. The molecule has 5 heteroatoms. The summed E-state index contributed by atoms with van der Waals surface area (Å²) in [7, 11) is 1.65. The zero-order chi connectivity index (χ0) is 14.0. The van der Waals surface area contributed by atoms with Crippen LogP contribution in [0.3, 0.4) is 0 Å². The van der Waals surface area contributed by atoms with E-state index in [-0.39, 0.29) is 5.56 Å². The van der Waals surface area contributed by atoms with Gasteiger partial charge in [-0.25, -0.2) is 8.78 Å². The monoisotopic (exact) mass is 301 g/mol. The average Bonchev–Trinajstić information content (AvgIpc) is 2.39. The van der Waals surface area contributed by atoms with Crippen LogP contribution in [0.15, 0.2) is 36.4 Å². The smallest absolute Gasteiger partial charge is 0.163 e. The molecule has 0 heterocycles. The summed E-state index contributed by atoms with van der Waals surface area (Å²) in [5.74, 6) is -1.78. The number of rotatable bonds is 3. The first-order valence-corrected chi connectivity index (χ1v) is 6.36. The van der Waals surface area contributed by atoms with E-state index < -0.39 is 17.7 Å². The summed E-state index contributed by atoms with van der Waals surface area (Å²) in [6, 6.07) is 8.37. The standard InChI is InChI=1S/C14H11Cl2F2N/c1-19-14(9-3-2-4-12(17)13(9)18)10-7-8(15)5-6-11(10)16/h2-7,14,19H,1H3. The molecule has 100 valence electrons. The molecule has 0 fully saturated rings. The third-order valence-corrected chi connectivity index (χ3v) is 3.43. The second-order valence-electron chi connectivity index (χ2n) is 4.03. The van der Waals surface area contributed by atoms with Gasteiger partial charge in [0, 0.05) is 15.6 Å². The van der Waals surface area contributed by atoms with E-state index in [0.29, 0.717) is 15.6 Å². The number of benzene rings is 2. The minimum atomic E-state index is -0.893. The van der Waals surface area contributed by atoms with E-state index in [0.717, 1.165) is 6.07 Å². The fourth-order valence-electron chi connectivity index (χ4n) is 1.96. The highest BCUT2D eigenvalue weighted by Crippen LogP contribution is 2.32. The van der Waals surface area contributed by atoms with Crippen molar-refractivity contribution in [2.75, 3.05) is 7.05 Å². The van der Waals surface area contributed by atoms with Gasteiger partial charge in [-0.1, -0.05) is 35.3 Å². The highest BCUT2D eigenvalue weighted by molar-refractivity contribution is 6.33. The molecule has 2 rings (SSSR count). The van der Waals surface area contributed by atoms with E-state index in [1.807, 2.05) is 0 Å². The molecule has 0 aliphatic heterocycles. The molecule has 0 aliphatic carbocycles. The lowest BCUT2D eigenvalue weighted by molar-refractivity contribution is 0.487. The summed E-state index contributed by atoms with van der Waals surface area (Å²) in [5.41, 5.74) is 0.785. The van der Waals surface area contributed by atoms with Gasteiger partial charge in [0.15, 0.2) is 11.6 Å². The number of halogens is 4. The molecule has 0 saturated carbocycles. The summed E-state index contributed by atoms with van der Waals surface area (Å²) >= 11 is 12.0. The molecule has 2 aromatic rings. The van der Waals surface area contributed by atoms with E-state index in [1.165, 1.54) is 12.1 Å². The van der Waals surface area contributed by atoms with E-state index in [9.17, 15) is 8.78 Å². The molecule has 0 spiro atoms. The Morgan fingerprint density at radius 1 is 1.05 bits per heavy atom. The van der Waals surface area contributed by atoms with Crippen LogP contribution in [-0.2, 0) is 0 Å². The Morgan fingerprint density at radius 2 is 1.79 bits per heavy atom. The van der Waals surface area contributed by atoms with Gasteiger partial charge in [-0.05, 0) is 36.9 Å². The fourth-order valence-corrected chi connectivity index (χ4v) is 2.36. The maximum absolute atomic E-state index is 13.9. The van der Waals surface area contributed by atoms with Crippen molar-refractivity contribution in [2.45, 2.75) is 6.04 Å². The molecule has 1 atom stereocenters. The lowest BCUT2D eigenvalue weighted by Crippen LogP contribution is -2.19. The van der Waals surface area contributed by atoms with Crippen molar-refractivity contribution in [1.29, 1.82) is 0 Å². The van der Waals surface area contributed by atoms with Crippen molar-refractivity contribution in [3.63, 3.8) is 0 Å². The summed E-state index contributed by atoms with van der Waals surface area (Å²) in [6.45, 7) is 0. The van der Waals surface area contributed by atoms with Gasteiger partial charge >= 0.3 is 0 Å². The summed E-state index contributed by atoms with van der Waals surface area (Å²) in [5, 5.41) is 3.84. The number of hydrogen-bond donors (Lipinski definition) is 1. The average molecular weight is 302 g/mol. The predicted molar refractivity (Wildman–Crippen MR) is 73.7 cm³/mol. The molecular formula is C14H11Cl2F2N. The van der Waals surface area contributed by atoms with Gasteiger partial charge in [-0.2, -0.15) is 0 Å².